The Morgan fingerprint density at radius 3 is 2.47 bits per heavy atom. The van der Waals surface area contributed by atoms with Crippen molar-refractivity contribution < 1.29 is 0 Å². The first-order valence-electron chi connectivity index (χ1n) is 7.39. The molecule has 0 aliphatic carbocycles. The van der Waals surface area contributed by atoms with Gasteiger partial charge in [0.25, 0.3) is 0 Å². The third-order valence-electron chi connectivity index (χ3n) is 4.07. The molecule has 0 aliphatic heterocycles. The van der Waals surface area contributed by atoms with Gasteiger partial charge in [-0.15, -0.1) is 0 Å². The van der Waals surface area contributed by atoms with Gasteiger partial charge in [0.2, 0.25) is 0 Å². The first kappa shape index (κ1) is 14.1. The number of nitrogens with one attached hydrogen (secondary N) is 1. The molecule has 102 valence electrons. The lowest BCUT2D eigenvalue weighted by Crippen LogP contribution is -2.34. The van der Waals surface area contributed by atoms with Crippen molar-refractivity contribution in [3.8, 4) is 0 Å². The lowest BCUT2D eigenvalue weighted by molar-refractivity contribution is 0.372. The second-order valence-electron chi connectivity index (χ2n) is 5.55. The van der Waals surface area contributed by atoms with E-state index in [0.717, 1.165) is 12.3 Å². The molecular formula is C18H25N. The van der Waals surface area contributed by atoms with Gasteiger partial charge in [-0.2, -0.15) is 0 Å². The maximum atomic E-state index is 3.48. The monoisotopic (exact) mass is 255 g/mol. The number of hydrogen-bond acceptors (Lipinski definition) is 1. The molecule has 2 aromatic rings. The summed E-state index contributed by atoms with van der Waals surface area (Å²) in [5.74, 6) is 0.724. The summed E-state index contributed by atoms with van der Waals surface area (Å²) < 4.78 is 0. The van der Waals surface area contributed by atoms with E-state index in [-0.39, 0.29) is 0 Å². The van der Waals surface area contributed by atoms with E-state index in [1.165, 1.54) is 29.2 Å². The van der Waals surface area contributed by atoms with Gasteiger partial charge in [-0.1, -0.05) is 62.7 Å². The van der Waals surface area contributed by atoms with Gasteiger partial charge in [-0.25, -0.2) is 0 Å². The zero-order valence-corrected chi connectivity index (χ0v) is 12.3. The molecule has 0 aliphatic rings. The van der Waals surface area contributed by atoms with Gasteiger partial charge in [-0.05, 0) is 42.1 Å². The number of benzene rings is 2. The number of likely N-dealkylation sites (N-methyl/N-ethyl adjacent to an activating group) is 1. The molecule has 2 aromatic carbocycles. The lowest BCUT2D eigenvalue weighted by atomic mass is 9.91. The second kappa shape index (κ2) is 6.72. The van der Waals surface area contributed by atoms with Crippen LogP contribution in [0.25, 0.3) is 10.8 Å². The molecule has 2 atom stereocenters. The average Bonchev–Trinajstić information content (AvgIpc) is 2.44. The average molecular weight is 255 g/mol. The fraction of sp³-hybridized carbons (Fsp3) is 0.444. The zero-order valence-electron chi connectivity index (χ0n) is 12.3. The van der Waals surface area contributed by atoms with Crippen LogP contribution in [0.2, 0.25) is 0 Å². The minimum absolute atomic E-state index is 0.570. The first-order chi connectivity index (χ1) is 9.24. The summed E-state index contributed by atoms with van der Waals surface area (Å²) in [6, 6.07) is 16.0. The molecule has 0 saturated carbocycles. The van der Waals surface area contributed by atoms with Crippen molar-refractivity contribution in [2.45, 2.75) is 39.2 Å². The van der Waals surface area contributed by atoms with E-state index in [4.69, 9.17) is 0 Å². The van der Waals surface area contributed by atoms with E-state index in [9.17, 15) is 0 Å². The van der Waals surface area contributed by atoms with Crippen molar-refractivity contribution in [2.24, 2.45) is 5.92 Å². The predicted molar refractivity (Wildman–Crippen MR) is 84.6 cm³/mol. The Bertz CT molecular complexity index is 518. The summed E-state index contributed by atoms with van der Waals surface area (Å²) in [4.78, 5) is 0. The standard InChI is InChI=1S/C18H25N/c1-4-7-14(2)18(19-3)13-15-10-11-16-8-5-6-9-17(16)12-15/h5-6,8-12,14,18-19H,4,7,13H2,1-3H3. The van der Waals surface area contributed by atoms with Gasteiger partial charge in [0.1, 0.15) is 0 Å². The summed E-state index contributed by atoms with van der Waals surface area (Å²) in [7, 11) is 2.08. The molecule has 0 amide bonds. The SMILES string of the molecule is CCCC(C)C(Cc1ccc2ccccc2c1)NC. The molecule has 2 unspecified atom stereocenters. The van der Waals surface area contributed by atoms with E-state index in [1.54, 1.807) is 0 Å². The summed E-state index contributed by atoms with van der Waals surface area (Å²) in [5.41, 5.74) is 1.43. The summed E-state index contributed by atoms with van der Waals surface area (Å²) >= 11 is 0. The fourth-order valence-corrected chi connectivity index (χ4v) is 2.86. The summed E-state index contributed by atoms with van der Waals surface area (Å²) in [5, 5.41) is 6.16. The quantitative estimate of drug-likeness (QED) is 0.806. The maximum Gasteiger partial charge on any atom is 0.0130 e. The second-order valence-corrected chi connectivity index (χ2v) is 5.55. The molecule has 0 bridgehead atoms. The van der Waals surface area contributed by atoms with E-state index < -0.39 is 0 Å². The Labute approximate surface area is 117 Å². The number of fused-ring (bicyclic) bond motifs is 1. The highest BCUT2D eigenvalue weighted by Crippen LogP contribution is 2.19. The topological polar surface area (TPSA) is 12.0 Å². The van der Waals surface area contributed by atoms with Crippen molar-refractivity contribution >= 4 is 10.8 Å². The number of rotatable bonds is 6. The van der Waals surface area contributed by atoms with Crippen molar-refractivity contribution in [3.63, 3.8) is 0 Å². The molecule has 0 radical (unpaired) electrons. The molecule has 1 heteroatoms. The van der Waals surface area contributed by atoms with Gasteiger partial charge in [0, 0.05) is 6.04 Å². The van der Waals surface area contributed by atoms with Crippen LogP contribution in [-0.4, -0.2) is 13.1 Å². The first-order valence-corrected chi connectivity index (χ1v) is 7.39. The van der Waals surface area contributed by atoms with Crippen molar-refractivity contribution in [1.29, 1.82) is 0 Å². The minimum Gasteiger partial charge on any atom is -0.316 e. The van der Waals surface area contributed by atoms with Crippen LogP contribution in [-0.2, 0) is 6.42 Å². The molecule has 19 heavy (non-hydrogen) atoms. The molecule has 0 aromatic heterocycles. The summed E-state index contributed by atoms with van der Waals surface area (Å²) in [6.45, 7) is 4.62. The maximum absolute atomic E-state index is 3.48. The molecule has 0 heterocycles. The minimum atomic E-state index is 0.570. The molecule has 0 spiro atoms. The molecule has 1 N–H and O–H groups in total. The van der Waals surface area contributed by atoms with Crippen LogP contribution in [0.5, 0.6) is 0 Å². The Morgan fingerprint density at radius 1 is 1.05 bits per heavy atom. The lowest BCUT2D eigenvalue weighted by Gasteiger charge is -2.23. The highest BCUT2D eigenvalue weighted by Gasteiger charge is 2.15. The van der Waals surface area contributed by atoms with Gasteiger partial charge >= 0.3 is 0 Å². The molecule has 0 fully saturated rings. The van der Waals surface area contributed by atoms with Crippen molar-refractivity contribution in [1.82, 2.24) is 5.32 Å². The third-order valence-corrected chi connectivity index (χ3v) is 4.07. The van der Waals surface area contributed by atoms with Crippen LogP contribution < -0.4 is 5.32 Å². The van der Waals surface area contributed by atoms with E-state index in [2.05, 4.69) is 68.7 Å². The van der Waals surface area contributed by atoms with Crippen LogP contribution >= 0.6 is 0 Å². The van der Waals surface area contributed by atoms with Crippen molar-refractivity contribution in [3.05, 3.63) is 48.0 Å². The van der Waals surface area contributed by atoms with Gasteiger partial charge < -0.3 is 5.32 Å². The molecular weight excluding hydrogens is 230 g/mol. The normalized spacial score (nSPS) is 14.5. The summed E-state index contributed by atoms with van der Waals surface area (Å²) in [6.07, 6.45) is 3.67. The number of hydrogen-bond donors (Lipinski definition) is 1. The van der Waals surface area contributed by atoms with E-state index in [0.29, 0.717) is 6.04 Å². The fourth-order valence-electron chi connectivity index (χ4n) is 2.86. The third kappa shape index (κ3) is 3.57. The molecule has 0 saturated heterocycles. The smallest absolute Gasteiger partial charge is 0.0130 e. The van der Waals surface area contributed by atoms with Gasteiger partial charge in [0.15, 0.2) is 0 Å². The Kier molecular flexibility index (Phi) is 4.98. The van der Waals surface area contributed by atoms with Crippen LogP contribution in [0.4, 0.5) is 0 Å². The molecule has 2 rings (SSSR count). The highest BCUT2D eigenvalue weighted by atomic mass is 14.9. The van der Waals surface area contributed by atoms with Crippen molar-refractivity contribution in [2.75, 3.05) is 7.05 Å². The largest absolute Gasteiger partial charge is 0.316 e. The van der Waals surface area contributed by atoms with Crippen LogP contribution in [0.3, 0.4) is 0 Å². The molecule has 1 nitrogen and oxygen atoms in total. The van der Waals surface area contributed by atoms with Gasteiger partial charge in [-0.3, -0.25) is 0 Å². The van der Waals surface area contributed by atoms with Crippen LogP contribution in [0.15, 0.2) is 42.5 Å². The van der Waals surface area contributed by atoms with Crippen LogP contribution in [0, 0.1) is 5.92 Å². The van der Waals surface area contributed by atoms with Crippen LogP contribution in [0.1, 0.15) is 32.3 Å². The Morgan fingerprint density at radius 2 is 1.79 bits per heavy atom. The Balaban J connectivity index is 2.15. The van der Waals surface area contributed by atoms with Gasteiger partial charge in [0.05, 0.1) is 0 Å². The Hall–Kier alpha value is -1.34. The predicted octanol–water partition coefficient (Wildman–Crippen LogP) is 4.41. The highest BCUT2D eigenvalue weighted by molar-refractivity contribution is 5.82. The van der Waals surface area contributed by atoms with E-state index in [1.807, 2.05) is 0 Å². The zero-order chi connectivity index (χ0) is 13.7. The van der Waals surface area contributed by atoms with E-state index >= 15 is 0 Å².